The fourth-order valence-corrected chi connectivity index (χ4v) is 2.49. The third-order valence-electron chi connectivity index (χ3n) is 3.79. The zero-order valence-corrected chi connectivity index (χ0v) is 12.9. The zero-order chi connectivity index (χ0) is 17.3. The maximum absolute atomic E-state index is 12.1. The Bertz CT molecular complexity index is 1010. The first kappa shape index (κ1) is 15.7. The third kappa shape index (κ3) is 2.83. The molecular weight excluding hydrogens is 314 g/mol. The first-order valence-corrected chi connectivity index (χ1v) is 7.44. The molecule has 0 aliphatic rings. The van der Waals surface area contributed by atoms with E-state index in [0.717, 1.165) is 5.56 Å². The number of non-ortho nitro benzene ring substituents is 1. The highest BCUT2D eigenvalue weighted by Gasteiger charge is 2.12. The van der Waals surface area contributed by atoms with Crippen LogP contribution in [-0.2, 0) is 19.4 Å². The number of fused-ring (bicyclic) bond motifs is 1. The van der Waals surface area contributed by atoms with Crippen LogP contribution in [0.25, 0.3) is 11.2 Å². The molecule has 0 fully saturated rings. The summed E-state index contributed by atoms with van der Waals surface area (Å²) >= 11 is 0. The molecule has 3 aromatic rings. The number of aryl methyl sites for hydroxylation is 3. The summed E-state index contributed by atoms with van der Waals surface area (Å²) in [7, 11) is 0. The molecule has 0 aliphatic carbocycles. The maximum atomic E-state index is 12.1. The van der Waals surface area contributed by atoms with E-state index in [1.54, 1.807) is 12.1 Å². The molecule has 2 N–H and O–H groups in total. The summed E-state index contributed by atoms with van der Waals surface area (Å²) < 4.78 is 1.40. The SMILES string of the molecule is CCc1nc2c([nH]1)c(=O)[nH]c(=O)n2CCc1ccc([N+](=O)[O-])cc1. The van der Waals surface area contributed by atoms with Gasteiger partial charge in [0.15, 0.2) is 5.65 Å². The average Bonchev–Trinajstić information content (AvgIpc) is 3.00. The Labute approximate surface area is 135 Å². The molecule has 0 unspecified atom stereocenters. The number of hydrogen-bond donors (Lipinski definition) is 2. The minimum absolute atomic E-state index is 0.0160. The van der Waals surface area contributed by atoms with E-state index in [0.29, 0.717) is 30.9 Å². The monoisotopic (exact) mass is 329 g/mol. The van der Waals surface area contributed by atoms with Crippen molar-refractivity contribution < 1.29 is 4.92 Å². The van der Waals surface area contributed by atoms with Crippen molar-refractivity contribution in [2.75, 3.05) is 0 Å². The van der Waals surface area contributed by atoms with Crippen LogP contribution in [-0.4, -0.2) is 24.4 Å². The summed E-state index contributed by atoms with van der Waals surface area (Å²) in [5.41, 5.74) is 0.440. The van der Waals surface area contributed by atoms with Gasteiger partial charge in [-0.2, -0.15) is 0 Å². The number of nitro groups is 1. The van der Waals surface area contributed by atoms with Crippen molar-refractivity contribution in [1.29, 1.82) is 0 Å². The lowest BCUT2D eigenvalue weighted by molar-refractivity contribution is -0.384. The first-order valence-electron chi connectivity index (χ1n) is 7.44. The van der Waals surface area contributed by atoms with Gasteiger partial charge in [0.1, 0.15) is 11.3 Å². The molecular formula is C15H15N5O4. The summed E-state index contributed by atoms with van der Waals surface area (Å²) in [5, 5.41) is 10.7. The highest BCUT2D eigenvalue weighted by atomic mass is 16.6. The van der Waals surface area contributed by atoms with E-state index in [1.165, 1.54) is 16.7 Å². The first-order chi connectivity index (χ1) is 11.5. The van der Waals surface area contributed by atoms with Crippen LogP contribution in [0.4, 0.5) is 5.69 Å². The molecule has 9 nitrogen and oxygen atoms in total. The van der Waals surface area contributed by atoms with Gasteiger partial charge >= 0.3 is 5.69 Å². The molecule has 0 atom stereocenters. The number of benzene rings is 1. The molecule has 124 valence electrons. The lowest BCUT2D eigenvalue weighted by Gasteiger charge is -2.06. The highest BCUT2D eigenvalue weighted by molar-refractivity contribution is 5.69. The Morgan fingerprint density at radius 3 is 2.54 bits per heavy atom. The van der Waals surface area contributed by atoms with Crippen molar-refractivity contribution in [2.24, 2.45) is 0 Å². The Balaban J connectivity index is 1.92. The fraction of sp³-hybridized carbons (Fsp3) is 0.267. The minimum Gasteiger partial charge on any atom is -0.336 e. The van der Waals surface area contributed by atoms with Crippen molar-refractivity contribution in [3.05, 3.63) is 66.6 Å². The molecule has 0 amide bonds. The van der Waals surface area contributed by atoms with E-state index in [2.05, 4.69) is 15.0 Å². The van der Waals surface area contributed by atoms with Crippen LogP contribution in [0.5, 0.6) is 0 Å². The van der Waals surface area contributed by atoms with Crippen LogP contribution >= 0.6 is 0 Å². The molecule has 0 bridgehead atoms. The van der Waals surface area contributed by atoms with Crippen LogP contribution in [0.3, 0.4) is 0 Å². The zero-order valence-electron chi connectivity index (χ0n) is 12.9. The largest absolute Gasteiger partial charge is 0.336 e. The molecule has 0 radical (unpaired) electrons. The number of H-pyrrole nitrogens is 2. The lowest BCUT2D eigenvalue weighted by atomic mass is 10.1. The van der Waals surface area contributed by atoms with Gasteiger partial charge in [0, 0.05) is 25.1 Å². The number of aromatic nitrogens is 4. The minimum atomic E-state index is -0.524. The van der Waals surface area contributed by atoms with Crippen LogP contribution < -0.4 is 11.2 Å². The molecule has 0 saturated carbocycles. The summed E-state index contributed by atoms with van der Waals surface area (Å²) in [6.45, 7) is 2.20. The van der Waals surface area contributed by atoms with Gasteiger partial charge in [-0.25, -0.2) is 9.78 Å². The standard InChI is InChI=1S/C15H15N5O4/c1-2-11-16-12-13(17-11)19(15(22)18-14(12)21)8-7-9-3-5-10(6-4-9)20(23)24/h3-6H,2,7-8H2,1H3,(H,16,17)(H,18,21,22). The number of nitro benzene ring substituents is 1. The van der Waals surface area contributed by atoms with Gasteiger partial charge in [0.25, 0.3) is 11.2 Å². The third-order valence-corrected chi connectivity index (χ3v) is 3.79. The Morgan fingerprint density at radius 1 is 1.21 bits per heavy atom. The summed E-state index contributed by atoms with van der Waals surface area (Å²) in [5.74, 6) is 0.630. The normalized spacial score (nSPS) is 11.0. The van der Waals surface area contributed by atoms with E-state index < -0.39 is 16.2 Å². The predicted molar refractivity (Wildman–Crippen MR) is 87.2 cm³/mol. The van der Waals surface area contributed by atoms with Gasteiger partial charge in [-0.05, 0) is 12.0 Å². The number of hydrogen-bond acceptors (Lipinski definition) is 5. The van der Waals surface area contributed by atoms with Gasteiger partial charge in [-0.1, -0.05) is 19.1 Å². The molecule has 3 rings (SSSR count). The lowest BCUT2D eigenvalue weighted by Crippen LogP contribution is -2.31. The number of rotatable bonds is 5. The summed E-state index contributed by atoms with van der Waals surface area (Å²) in [6.07, 6.45) is 1.10. The highest BCUT2D eigenvalue weighted by Crippen LogP contribution is 2.13. The van der Waals surface area contributed by atoms with Crippen LogP contribution in [0, 0.1) is 10.1 Å². The van der Waals surface area contributed by atoms with Crippen LogP contribution in [0.1, 0.15) is 18.3 Å². The van der Waals surface area contributed by atoms with Crippen molar-refractivity contribution in [3.8, 4) is 0 Å². The van der Waals surface area contributed by atoms with Crippen molar-refractivity contribution in [1.82, 2.24) is 19.5 Å². The van der Waals surface area contributed by atoms with Crippen LogP contribution in [0.2, 0.25) is 0 Å². The Morgan fingerprint density at radius 2 is 1.92 bits per heavy atom. The van der Waals surface area contributed by atoms with E-state index in [4.69, 9.17) is 0 Å². The molecule has 2 aromatic heterocycles. The van der Waals surface area contributed by atoms with E-state index in [9.17, 15) is 19.7 Å². The smallest absolute Gasteiger partial charge is 0.330 e. The van der Waals surface area contributed by atoms with Gasteiger partial charge in [0.05, 0.1) is 4.92 Å². The van der Waals surface area contributed by atoms with E-state index in [1.807, 2.05) is 6.92 Å². The second-order valence-electron chi connectivity index (χ2n) is 5.32. The average molecular weight is 329 g/mol. The van der Waals surface area contributed by atoms with Gasteiger partial charge < -0.3 is 4.98 Å². The predicted octanol–water partition coefficient (Wildman–Crippen LogP) is 1.13. The molecule has 24 heavy (non-hydrogen) atoms. The van der Waals surface area contributed by atoms with Crippen molar-refractivity contribution >= 4 is 16.9 Å². The number of aromatic amines is 2. The number of nitrogens with zero attached hydrogens (tertiary/aromatic N) is 3. The Hall–Kier alpha value is -3.23. The molecule has 0 spiro atoms. The quantitative estimate of drug-likeness (QED) is 0.536. The molecule has 9 heteroatoms. The van der Waals surface area contributed by atoms with Gasteiger partial charge in [0.2, 0.25) is 0 Å². The van der Waals surface area contributed by atoms with Gasteiger partial charge in [-0.15, -0.1) is 0 Å². The number of nitrogens with one attached hydrogen (secondary N) is 2. The summed E-state index contributed by atoms with van der Waals surface area (Å²) in [6, 6.07) is 6.14. The van der Waals surface area contributed by atoms with Crippen LogP contribution in [0.15, 0.2) is 33.9 Å². The van der Waals surface area contributed by atoms with Crippen molar-refractivity contribution in [2.45, 2.75) is 26.3 Å². The molecule has 0 aliphatic heterocycles. The maximum Gasteiger partial charge on any atom is 0.330 e. The fourth-order valence-electron chi connectivity index (χ4n) is 2.49. The summed E-state index contributed by atoms with van der Waals surface area (Å²) in [4.78, 5) is 43.6. The Kier molecular flexibility index (Phi) is 3.98. The molecule has 1 aromatic carbocycles. The molecule has 2 heterocycles. The topological polar surface area (TPSA) is 127 Å². The van der Waals surface area contributed by atoms with Crippen molar-refractivity contribution in [3.63, 3.8) is 0 Å². The van der Waals surface area contributed by atoms with Gasteiger partial charge in [-0.3, -0.25) is 24.5 Å². The van der Waals surface area contributed by atoms with E-state index in [-0.39, 0.29) is 11.2 Å². The second kappa shape index (κ2) is 6.11. The molecule has 0 saturated heterocycles. The number of imidazole rings is 1. The van der Waals surface area contributed by atoms with E-state index >= 15 is 0 Å². The second-order valence-corrected chi connectivity index (χ2v) is 5.32.